The Kier molecular flexibility index (Phi) is 5.23. The van der Waals surface area contributed by atoms with Gasteiger partial charge in [-0.15, -0.1) is 0 Å². The monoisotopic (exact) mass is 547 g/mol. The van der Waals surface area contributed by atoms with E-state index in [-0.39, 0.29) is 0 Å². The summed E-state index contributed by atoms with van der Waals surface area (Å²) in [4.78, 5) is 4.43. The van der Waals surface area contributed by atoms with Gasteiger partial charge in [-0.25, -0.2) is 4.98 Å². The summed E-state index contributed by atoms with van der Waals surface area (Å²) in [6.45, 7) is 0. The lowest BCUT2D eigenvalue weighted by molar-refractivity contribution is 0.655. The van der Waals surface area contributed by atoms with Gasteiger partial charge in [-0.1, -0.05) is 127 Å². The van der Waals surface area contributed by atoms with Crippen LogP contribution in [0.3, 0.4) is 0 Å². The van der Waals surface area contributed by atoms with Gasteiger partial charge in [-0.3, -0.25) is 0 Å². The van der Waals surface area contributed by atoms with Crippen molar-refractivity contribution in [2.45, 2.75) is 0 Å². The lowest BCUT2D eigenvalue weighted by atomic mass is 9.80. The van der Waals surface area contributed by atoms with Gasteiger partial charge in [0.15, 0.2) is 0 Å². The van der Waals surface area contributed by atoms with E-state index in [4.69, 9.17) is 4.42 Å². The van der Waals surface area contributed by atoms with Gasteiger partial charge in [0.2, 0.25) is 5.71 Å². The molecule has 2 aromatic heterocycles. The molecule has 6 aromatic carbocycles. The Morgan fingerprint density at radius 3 is 1.47 bits per heavy atom. The fourth-order valence-corrected chi connectivity index (χ4v) is 6.74. The minimum Gasteiger partial charge on any atom is -0.437 e. The molecular weight excluding hydrogens is 522 g/mol. The lowest BCUT2D eigenvalue weighted by Crippen LogP contribution is -1.97. The zero-order valence-corrected chi connectivity index (χ0v) is 23.3. The molecular formula is C41H25NO. The van der Waals surface area contributed by atoms with E-state index in [1.165, 1.54) is 55.6 Å². The molecule has 2 heterocycles. The molecule has 0 spiro atoms. The van der Waals surface area contributed by atoms with Crippen molar-refractivity contribution in [1.29, 1.82) is 0 Å². The molecule has 8 aromatic rings. The van der Waals surface area contributed by atoms with Crippen LogP contribution in [0.15, 0.2) is 156 Å². The number of hydrogen-bond donors (Lipinski definition) is 0. The molecule has 0 fully saturated rings. The van der Waals surface area contributed by atoms with E-state index in [1.807, 2.05) is 6.07 Å². The van der Waals surface area contributed by atoms with Crippen LogP contribution in [0.2, 0.25) is 0 Å². The van der Waals surface area contributed by atoms with Gasteiger partial charge in [-0.2, -0.15) is 0 Å². The second kappa shape index (κ2) is 9.40. The number of rotatable bonds is 2. The second-order valence-corrected chi connectivity index (χ2v) is 11.1. The summed E-state index contributed by atoms with van der Waals surface area (Å²) in [7, 11) is 0. The molecule has 200 valence electrons. The minimum absolute atomic E-state index is 0.673. The summed E-state index contributed by atoms with van der Waals surface area (Å²) in [5, 5.41) is 2.13. The van der Waals surface area contributed by atoms with E-state index >= 15 is 0 Å². The molecule has 0 amide bonds. The third-order valence-corrected chi connectivity index (χ3v) is 8.77. The SMILES string of the molecule is c1ccc2c(c1)-c1ccccc1-c1ccc(-c3ccc(-c4cccc5c4oc4ncccc45)cc3)cc1-c1ccccc1-2. The third-order valence-electron chi connectivity index (χ3n) is 8.77. The van der Waals surface area contributed by atoms with Crippen molar-refractivity contribution < 1.29 is 4.42 Å². The predicted octanol–water partition coefficient (Wildman–Crippen LogP) is 11.3. The van der Waals surface area contributed by atoms with E-state index in [1.54, 1.807) is 6.20 Å². The number of hydrogen-bond acceptors (Lipinski definition) is 2. The van der Waals surface area contributed by atoms with E-state index < -0.39 is 0 Å². The summed E-state index contributed by atoms with van der Waals surface area (Å²) < 4.78 is 6.21. The standard InChI is InChI=1S/C41H25NO/c1-2-10-31-30(9-1)32-11-3-4-13-34(32)36-23-22-28(25-39(36)35-14-6-5-12-33(31)35)26-18-20-27(21-19-26)29-15-7-16-37-38-17-8-24-42-41(38)43-40(29)37/h1-25H. The van der Waals surface area contributed by atoms with Gasteiger partial charge >= 0.3 is 0 Å². The van der Waals surface area contributed by atoms with Crippen LogP contribution in [-0.2, 0) is 0 Å². The normalized spacial score (nSPS) is 11.7. The summed E-state index contributed by atoms with van der Waals surface area (Å²) in [5.41, 5.74) is 16.2. The zero-order chi connectivity index (χ0) is 28.3. The first kappa shape index (κ1) is 23.9. The van der Waals surface area contributed by atoms with Crippen LogP contribution in [0, 0.1) is 0 Å². The van der Waals surface area contributed by atoms with Crippen molar-refractivity contribution in [3.05, 3.63) is 152 Å². The quantitative estimate of drug-likeness (QED) is 0.215. The number of fused-ring (bicyclic) bond motifs is 11. The number of pyridine rings is 1. The van der Waals surface area contributed by atoms with Crippen LogP contribution in [-0.4, -0.2) is 4.98 Å². The average molecular weight is 548 g/mol. The molecule has 1 aliphatic rings. The Labute approximate surface area is 249 Å². The maximum atomic E-state index is 6.21. The molecule has 0 N–H and O–H groups in total. The van der Waals surface area contributed by atoms with Crippen molar-refractivity contribution in [1.82, 2.24) is 4.98 Å². The average Bonchev–Trinajstić information content (AvgIpc) is 3.47. The predicted molar refractivity (Wildman–Crippen MR) is 178 cm³/mol. The maximum Gasteiger partial charge on any atom is 0.227 e. The first-order chi connectivity index (χ1) is 21.3. The van der Waals surface area contributed by atoms with Crippen molar-refractivity contribution in [3.63, 3.8) is 0 Å². The van der Waals surface area contributed by atoms with Gasteiger partial charge in [0.25, 0.3) is 0 Å². The Hall–Kier alpha value is -5.73. The Balaban J connectivity index is 1.19. The van der Waals surface area contributed by atoms with E-state index in [9.17, 15) is 0 Å². The highest BCUT2D eigenvalue weighted by Crippen LogP contribution is 2.48. The smallest absolute Gasteiger partial charge is 0.227 e. The summed E-state index contributed by atoms with van der Waals surface area (Å²) in [5.74, 6) is 0. The highest BCUT2D eigenvalue weighted by atomic mass is 16.3. The van der Waals surface area contributed by atoms with Gasteiger partial charge in [0.05, 0.1) is 0 Å². The summed E-state index contributed by atoms with van der Waals surface area (Å²) >= 11 is 0. The van der Waals surface area contributed by atoms with Gasteiger partial charge < -0.3 is 4.42 Å². The molecule has 0 atom stereocenters. The molecule has 0 saturated heterocycles. The van der Waals surface area contributed by atoms with Crippen molar-refractivity contribution in [2.24, 2.45) is 0 Å². The Bertz CT molecular complexity index is 2340. The van der Waals surface area contributed by atoms with Crippen molar-refractivity contribution in [3.8, 4) is 66.8 Å². The molecule has 0 bridgehead atoms. The van der Waals surface area contributed by atoms with Crippen LogP contribution in [0.25, 0.3) is 88.8 Å². The first-order valence-corrected chi connectivity index (χ1v) is 14.6. The molecule has 2 nitrogen and oxygen atoms in total. The molecule has 0 saturated carbocycles. The summed E-state index contributed by atoms with van der Waals surface area (Å²) in [6, 6.07) is 52.4. The van der Waals surface area contributed by atoms with Crippen LogP contribution >= 0.6 is 0 Å². The fourth-order valence-electron chi connectivity index (χ4n) is 6.74. The molecule has 0 radical (unpaired) electrons. The van der Waals surface area contributed by atoms with Gasteiger partial charge in [0.1, 0.15) is 5.58 Å². The fraction of sp³-hybridized carbons (Fsp3) is 0. The Morgan fingerprint density at radius 2 is 0.837 bits per heavy atom. The van der Waals surface area contributed by atoms with Crippen LogP contribution in [0.1, 0.15) is 0 Å². The van der Waals surface area contributed by atoms with Crippen molar-refractivity contribution in [2.75, 3.05) is 0 Å². The molecule has 1 aliphatic carbocycles. The molecule has 0 unspecified atom stereocenters. The molecule has 2 heteroatoms. The van der Waals surface area contributed by atoms with Crippen molar-refractivity contribution >= 4 is 22.1 Å². The number of para-hydroxylation sites is 1. The van der Waals surface area contributed by atoms with Crippen LogP contribution in [0.5, 0.6) is 0 Å². The number of aromatic nitrogens is 1. The molecule has 9 rings (SSSR count). The minimum atomic E-state index is 0.673. The highest BCUT2D eigenvalue weighted by Gasteiger charge is 2.22. The number of benzene rings is 6. The largest absolute Gasteiger partial charge is 0.437 e. The third kappa shape index (κ3) is 3.70. The van der Waals surface area contributed by atoms with Gasteiger partial charge in [0, 0.05) is 22.5 Å². The second-order valence-electron chi connectivity index (χ2n) is 11.1. The maximum absolute atomic E-state index is 6.21. The van der Waals surface area contributed by atoms with E-state index in [2.05, 4.69) is 145 Å². The number of nitrogens with zero attached hydrogens (tertiary/aromatic N) is 1. The highest BCUT2D eigenvalue weighted by molar-refractivity contribution is 6.08. The van der Waals surface area contributed by atoms with Crippen LogP contribution < -0.4 is 0 Å². The molecule has 0 aliphatic heterocycles. The molecule has 43 heavy (non-hydrogen) atoms. The first-order valence-electron chi connectivity index (χ1n) is 14.6. The van der Waals surface area contributed by atoms with Crippen LogP contribution in [0.4, 0.5) is 0 Å². The number of furan rings is 1. The lowest BCUT2D eigenvalue weighted by Gasteiger charge is -2.23. The van der Waals surface area contributed by atoms with Gasteiger partial charge in [-0.05, 0) is 79.4 Å². The topological polar surface area (TPSA) is 26.0 Å². The summed E-state index contributed by atoms with van der Waals surface area (Å²) in [6.07, 6.45) is 1.78. The Morgan fingerprint density at radius 1 is 0.349 bits per heavy atom. The van der Waals surface area contributed by atoms with E-state index in [0.717, 1.165) is 27.5 Å². The zero-order valence-electron chi connectivity index (χ0n) is 23.3. The van der Waals surface area contributed by atoms with E-state index in [0.29, 0.717) is 5.71 Å².